The highest BCUT2D eigenvalue weighted by molar-refractivity contribution is 6.32. The molecule has 0 aliphatic rings. The van der Waals surface area contributed by atoms with E-state index >= 15 is 0 Å². The summed E-state index contributed by atoms with van der Waals surface area (Å²) in [5.41, 5.74) is 0.498. The molecule has 0 saturated carbocycles. The first kappa shape index (κ1) is 12.0. The van der Waals surface area contributed by atoms with Crippen molar-refractivity contribution in [2.24, 2.45) is 0 Å². The molecule has 2 aromatic heterocycles. The van der Waals surface area contributed by atoms with Crippen molar-refractivity contribution in [3.63, 3.8) is 0 Å². The third kappa shape index (κ3) is 2.29. The molecule has 6 heteroatoms. The van der Waals surface area contributed by atoms with Gasteiger partial charge in [-0.3, -0.25) is 4.68 Å². The lowest BCUT2D eigenvalue weighted by molar-refractivity contribution is 0.152. The van der Waals surface area contributed by atoms with Gasteiger partial charge in [-0.1, -0.05) is 11.6 Å². The highest BCUT2D eigenvalue weighted by atomic mass is 35.5. The van der Waals surface area contributed by atoms with Crippen molar-refractivity contribution in [3.05, 3.63) is 35.2 Å². The number of hydrogen-bond acceptors (Lipinski definition) is 2. The monoisotopic (exact) mass is 257 g/mol. The summed E-state index contributed by atoms with van der Waals surface area (Å²) in [6.07, 6.45) is 0.259. The Morgan fingerprint density at radius 3 is 2.82 bits per heavy atom. The Morgan fingerprint density at radius 1 is 1.47 bits per heavy atom. The van der Waals surface area contributed by atoms with E-state index in [4.69, 9.17) is 11.6 Å². The van der Waals surface area contributed by atoms with E-state index in [-0.39, 0.29) is 16.4 Å². The van der Waals surface area contributed by atoms with E-state index in [0.717, 1.165) is 0 Å². The molecule has 0 unspecified atom stereocenters. The fourth-order valence-corrected chi connectivity index (χ4v) is 1.74. The number of halogens is 3. The summed E-state index contributed by atoms with van der Waals surface area (Å²) in [7, 11) is 0. The first-order chi connectivity index (χ1) is 8.13. The first-order valence-electron chi connectivity index (χ1n) is 5.10. The number of aryl methyl sites for hydroxylation is 1. The van der Waals surface area contributed by atoms with Crippen LogP contribution in [0.3, 0.4) is 0 Å². The Labute approximate surface area is 102 Å². The molecule has 0 bridgehead atoms. The van der Waals surface area contributed by atoms with Gasteiger partial charge >= 0.3 is 0 Å². The molecule has 2 aromatic rings. The number of nitrogens with zero attached hydrogens (tertiary/aromatic N) is 3. The summed E-state index contributed by atoms with van der Waals surface area (Å²) in [5.74, 6) is 0. The Hall–Kier alpha value is -1.49. The zero-order valence-electron chi connectivity index (χ0n) is 9.07. The van der Waals surface area contributed by atoms with Gasteiger partial charge in [-0.15, -0.1) is 0 Å². The Balaban J connectivity index is 2.58. The zero-order chi connectivity index (χ0) is 12.4. The van der Waals surface area contributed by atoms with Crippen LogP contribution in [-0.2, 0) is 6.54 Å². The van der Waals surface area contributed by atoms with Crippen LogP contribution in [0.2, 0.25) is 5.15 Å². The molecule has 90 valence electrons. The molecule has 0 N–H and O–H groups in total. The molecule has 3 nitrogen and oxygen atoms in total. The standard InChI is InChI=1S/C11H10ClF2N3/c1-2-17-6-8(11(13)14)9(16-17)7-4-3-5-15-10(7)12/h3-6,11H,2H2,1H3. The summed E-state index contributed by atoms with van der Waals surface area (Å²) >= 11 is 5.88. The predicted octanol–water partition coefficient (Wildman–Crippen LogP) is 3.56. The van der Waals surface area contributed by atoms with Gasteiger partial charge < -0.3 is 0 Å². The van der Waals surface area contributed by atoms with Gasteiger partial charge in [0, 0.05) is 24.5 Å². The van der Waals surface area contributed by atoms with E-state index in [2.05, 4.69) is 10.1 Å². The van der Waals surface area contributed by atoms with Gasteiger partial charge in [0.05, 0.1) is 5.56 Å². The molecule has 0 spiro atoms. The lowest BCUT2D eigenvalue weighted by Crippen LogP contribution is -1.94. The summed E-state index contributed by atoms with van der Waals surface area (Å²) in [5, 5.41) is 4.27. The second kappa shape index (κ2) is 4.79. The summed E-state index contributed by atoms with van der Waals surface area (Å²) < 4.78 is 27.2. The van der Waals surface area contributed by atoms with Crippen LogP contribution in [0.25, 0.3) is 11.3 Å². The van der Waals surface area contributed by atoms with Crippen LogP contribution in [0.15, 0.2) is 24.5 Å². The molecular formula is C11H10ClF2N3. The number of alkyl halides is 2. The molecule has 0 atom stereocenters. The van der Waals surface area contributed by atoms with E-state index in [9.17, 15) is 8.78 Å². The van der Waals surface area contributed by atoms with E-state index in [1.807, 2.05) is 6.92 Å². The predicted molar refractivity (Wildman–Crippen MR) is 61.1 cm³/mol. The average Bonchev–Trinajstić information content (AvgIpc) is 2.73. The Bertz CT molecular complexity index is 525. The molecule has 0 radical (unpaired) electrons. The molecule has 0 amide bonds. The van der Waals surface area contributed by atoms with Crippen molar-refractivity contribution < 1.29 is 8.78 Å². The fourth-order valence-electron chi connectivity index (χ4n) is 1.53. The molecule has 2 heterocycles. The number of aromatic nitrogens is 3. The Morgan fingerprint density at radius 2 is 2.24 bits per heavy atom. The number of hydrogen-bond donors (Lipinski definition) is 0. The van der Waals surface area contributed by atoms with Crippen LogP contribution in [0.5, 0.6) is 0 Å². The number of rotatable bonds is 3. The molecule has 0 saturated heterocycles. The van der Waals surface area contributed by atoms with E-state index < -0.39 is 6.43 Å². The van der Waals surface area contributed by atoms with Crippen LogP contribution in [-0.4, -0.2) is 14.8 Å². The maximum atomic E-state index is 12.9. The van der Waals surface area contributed by atoms with Crippen LogP contribution in [0.4, 0.5) is 8.78 Å². The minimum atomic E-state index is -2.58. The zero-order valence-corrected chi connectivity index (χ0v) is 9.83. The van der Waals surface area contributed by atoms with Crippen molar-refractivity contribution in [1.29, 1.82) is 0 Å². The van der Waals surface area contributed by atoms with Gasteiger partial charge in [0.15, 0.2) is 0 Å². The van der Waals surface area contributed by atoms with Gasteiger partial charge in [-0.2, -0.15) is 5.10 Å². The third-order valence-corrected chi connectivity index (χ3v) is 2.66. The maximum absolute atomic E-state index is 12.9. The van der Waals surface area contributed by atoms with Gasteiger partial charge in [-0.25, -0.2) is 13.8 Å². The van der Waals surface area contributed by atoms with Crippen molar-refractivity contribution in [1.82, 2.24) is 14.8 Å². The lowest BCUT2D eigenvalue weighted by atomic mass is 10.1. The quantitative estimate of drug-likeness (QED) is 0.787. The topological polar surface area (TPSA) is 30.7 Å². The van der Waals surface area contributed by atoms with Crippen LogP contribution >= 0.6 is 11.6 Å². The smallest absolute Gasteiger partial charge is 0.267 e. The molecule has 2 rings (SSSR count). The van der Waals surface area contributed by atoms with Gasteiger partial charge in [-0.05, 0) is 19.1 Å². The maximum Gasteiger partial charge on any atom is 0.267 e. The molecule has 0 aliphatic heterocycles. The lowest BCUT2D eigenvalue weighted by Gasteiger charge is -2.02. The van der Waals surface area contributed by atoms with Crippen molar-refractivity contribution in [2.45, 2.75) is 19.9 Å². The van der Waals surface area contributed by atoms with Gasteiger partial charge in [0.2, 0.25) is 0 Å². The van der Waals surface area contributed by atoms with E-state index in [0.29, 0.717) is 12.1 Å². The van der Waals surface area contributed by atoms with Crippen molar-refractivity contribution >= 4 is 11.6 Å². The van der Waals surface area contributed by atoms with Crippen molar-refractivity contribution in [3.8, 4) is 11.3 Å². The SMILES string of the molecule is CCn1cc(C(F)F)c(-c2cccnc2Cl)n1. The van der Waals surface area contributed by atoms with Crippen LogP contribution in [0.1, 0.15) is 18.9 Å². The molecule has 0 aliphatic carbocycles. The fraction of sp³-hybridized carbons (Fsp3) is 0.273. The second-order valence-corrected chi connectivity index (χ2v) is 3.79. The average molecular weight is 258 g/mol. The minimum Gasteiger partial charge on any atom is -0.272 e. The summed E-state index contributed by atoms with van der Waals surface area (Å²) in [6.45, 7) is 2.36. The normalized spacial score (nSPS) is 11.1. The molecule has 17 heavy (non-hydrogen) atoms. The second-order valence-electron chi connectivity index (χ2n) is 3.43. The number of pyridine rings is 1. The van der Waals surface area contributed by atoms with Gasteiger partial charge in [0.1, 0.15) is 10.8 Å². The highest BCUT2D eigenvalue weighted by Crippen LogP contribution is 2.32. The van der Waals surface area contributed by atoms with Gasteiger partial charge in [0.25, 0.3) is 6.43 Å². The Kier molecular flexibility index (Phi) is 3.38. The molecule has 0 fully saturated rings. The van der Waals surface area contributed by atoms with Crippen molar-refractivity contribution in [2.75, 3.05) is 0 Å². The van der Waals surface area contributed by atoms with Crippen LogP contribution < -0.4 is 0 Å². The first-order valence-corrected chi connectivity index (χ1v) is 5.47. The molecular weight excluding hydrogens is 248 g/mol. The summed E-state index contributed by atoms with van der Waals surface area (Å²) in [4.78, 5) is 3.86. The van der Waals surface area contributed by atoms with Crippen LogP contribution in [0, 0.1) is 0 Å². The minimum absolute atomic E-state index is 0.123. The molecule has 0 aromatic carbocycles. The highest BCUT2D eigenvalue weighted by Gasteiger charge is 2.20. The van der Waals surface area contributed by atoms with E-state index in [1.54, 1.807) is 12.1 Å². The third-order valence-electron chi connectivity index (χ3n) is 2.36. The largest absolute Gasteiger partial charge is 0.272 e. The van der Waals surface area contributed by atoms with E-state index in [1.165, 1.54) is 17.1 Å². The summed E-state index contributed by atoms with van der Waals surface area (Å²) in [6, 6.07) is 3.27.